The van der Waals surface area contributed by atoms with Gasteiger partial charge in [-0.05, 0) is 123 Å². The number of carbonyl (C=O) groups is 1. The maximum Gasteiger partial charge on any atom is 0.573 e. The highest BCUT2D eigenvalue weighted by atomic mass is 32.2. The van der Waals surface area contributed by atoms with Gasteiger partial charge in [0.25, 0.3) is 0 Å². The van der Waals surface area contributed by atoms with Crippen LogP contribution in [0, 0.1) is 0 Å². The van der Waals surface area contributed by atoms with E-state index in [-0.39, 0.29) is 37.0 Å². The Morgan fingerprint density at radius 1 is 0.464 bits per heavy atom. The van der Waals surface area contributed by atoms with Gasteiger partial charge < -0.3 is 24.2 Å². The molecule has 0 radical (unpaired) electrons. The molecule has 32 heteroatoms. The van der Waals surface area contributed by atoms with Crippen molar-refractivity contribution in [3.8, 4) is 11.5 Å². The Morgan fingerprint density at radius 3 is 1.22 bits per heavy atom. The molecule has 23 nitrogen and oxygen atoms in total. The van der Waals surface area contributed by atoms with Gasteiger partial charge in [-0.3, -0.25) is 25.2 Å². The zero-order valence-corrected chi connectivity index (χ0v) is 57.6. The number of nitrogens with one attached hydrogen (secondary N) is 4. The number of fused-ring (bicyclic) bond motifs is 4. The minimum atomic E-state index is -4.81. The SMILES string of the molecule is CC(=O)N1CCC(c2cc(C3CCCC3)cc3[nH]ncc23)CC1.CC1(C)CN(c2cc(OC(F)(F)F)cc3[nH]ncc23)CCN1S(C)(=O)=O.CS(=O)(=O)N1CCC(c2cc(C3CCCC3)cc3[nH]ncc23)CC1.CS(=O)(=O)N1CCN(c2cc(OC(F)(F)F)cc3[nH]ncc23)CC1. The summed E-state index contributed by atoms with van der Waals surface area (Å²) in [6.07, 6.45) is 15.4. The van der Waals surface area contributed by atoms with Crippen molar-refractivity contribution < 1.29 is 65.9 Å². The molecule has 4 N–H and O–H groups in total. The summed E-state index contributed by atoms with van der Waals surface area (Å²) >= 11 is 0. The maximum atomic E-state index is 12.6. The van der Waals surface area contributed by atoms with Crippen molar-refractivity contribution in [3.05, 3.63) is 95.6 Å². The average Bonchev–Trinajstić information content (AvgIpc) is 1.77. The Hall–Kier alpha value is -7.26. The van der Waals surface area contributed by atoms with Gasteiger partial charge in [-0.15, -0.1) is 26.3 Å². The molecular formula is C65H84F6N14O9S3. The second kappa shape index (κ2) is 28.5. The number of piperidine rings is 2. The van der Waals surface area contributed by atoms with Gasteiger partial charge in [-0.1, -0.05) is 37.8 Å². The van der Waals surface area contributed by atoms with Crippen molar-refractivity contribution in [1.82, 2.24) is 58.6 Å². The highest BCUT2D eigenvalue weighted by molar-refractivity contribution is 7.88. The summed E-state index contributed by atoms with van der Waals surface area (Å²) in [4.78, 5) is 17.2. The second-order valence-electron chi connectivity index (χ2n) is 26.9. The molecule has 4 saturated heterocycles. The van der Waals surface area contributed by atoms with E-state index < -0.39 is 48.3 Å². The highest BCUT2D eigenvalue weighted by Gasteiger charge is 2.41. The second-order valence-corrected chi connectivity index (χ2v) is 32.8. The molecule has 4 aromatic heterocycles. The van der Waals surface area contributed by atoms with Crippen LogP contribution >= 0.6 is 0 Å². The van der Waals surface area contributed by atoms with Crippen LogP contribution in [-0.4, -0.2) is 199 Å². The molecule has 528 valence electrons. The quantitative estimate of drug-likeness (QED) is 0.0877. The predicted molar refractivity (Wildman–Crippen MR) is 359 cm³/mol. The maximum absolute atomic E-state index is 12.6. The number of aromatic nitrogens is 8. The van der Waals surface area contributed by atoms with Crippen molar-refractivity contribution in [3.63, 3.8) is 0 Å². The number of hydrogen-bond donors (Lipinski definition) is 4. The summed E-state index contributed by atoms with van der Waals surface area (Å²) in [5.74, 6) is 1.87. The summed E-state index contributed by atoms with van der Waals surface area (Å²) in [6.45, 7) is 10.4. The molecule has 8 heterocycles. The lowest BCUT2D eigenvalue weighted by Crippen LogP contribution is -2.60. The molecule has 4 aromatic carbocycles. The number of piperazine rings is 2. The van der Waals surface area contributed by atoms with Gasteiger partial charge in [-0.25, -0.2) is 29.6 Å². The van der Waals surface area contributed by atoms with Crippen molar-refractivity contribution in [2.24, 2.45) is 0 Å². The number of aromatic amines is 4. The number of benzene rings is 4. The third-order valence-electron chi connectivity index (χ3n) is 19.7. The standard InChI is InChI=1S/C19H25N3O.C18H25N3O2S.C15H19F3N4O3S.C13H15F3N4O3S/c1-13(23)22-8-6-15(7-9-22)17-10-16(14-4-2-3-5-14)11-19-18(17)12-20-21-19;1-24(22,23)21-8-6-14(7-9-21)16-10-15(13-4-2-3-5-13)11-18-17(16)12-19-20-18;1-14(2)9-21(4-5-22(14)26(3,23)24)13-7-10(25-15(16,17)18)6-12-11(13)8-19-20-12;1-24(21,22)20-4-2-19(3-5-20)12-7-9(23-13(14,15)16)6-11-10(12)8-17-18-11/h10-12,14-15H,2-9H2,1H3,(H,20,21);10-14H,2-9H2,1H3,(H,19,20);6-8H,4-5,9H2,1-3H3,(H,19,20);6-8H,2-5H2,1H3,(H,17,18). The first-order valence-electron chi connectivity index (χ1n) is 32.8. The van der Waals surface area contributed by atoms with Gasteiger partial charge in [0.05, 0.1) is 77.0 Å². The number of hydrogen-bond acceptors (Lipinski definition) is 15. The lowest BCUT2D eigenvalue weighted by Gasteiger charge is -2.46. The van der Waals surface area contributed by atoms with Gasteiger partial charge in [0.1, 0.15) is 11.5 Å². The number of likely N-dealkylation sites (tertiary alicyclic amines) is 1. The zero-order chi connectivity index (χ0) is 69.4. The predicted octanol–water partition coefficient (Wildman–Crippen LogP) is 11.2. The number of alkyl halides is 6. The Balaban J connectivity index is 0.000000131. The van der Waals surface area contributed by atoms with Crippen molar-refractivity contribution >= 4 is 91.0 Å². The number of nitrogens with zero attached hydrogens (tertiary/aromatic N) is 10. The number of H-pyrrole nitrogens is 4. The summed E-state index contributed by atoms with van der Waals surface area (Å²) < 4.78 is 158. The number of halogens is 6. The third kappa shape index (κ3) is 17.2. The minimum absolute atomic E-state index is 0.205. The van der Waals surface area contributed by atoms with Crippen LogP contribution in [0.5, 0.6) is 11.5 Å². The van der Waals surface area contributed by atoms with Crippen LogP contribution in [0.15, 0.2) is 73.3 Å². The monoisotopic (exact) mass is 1410 g/mol. The lowest BCUT2D eigenvalue weighted by molar-refractivity contribution is -0.275. The van der Waals surface area contributed by atoms with E-state index in [1.165, 1.54) is 141 Å². The van der Waals surface area contributed by atoms with Crippen molar-refractivity contribution in [1.29, 1.82) is 0 Å². The smallest absolute Gasteiger partial charge is 0.406 e. The minimum Gasteiger partial charge on any atom is -0.406 e. The third-order valence-corrected chi connectivity index (χ3v) is 23.8. The molecule has 97 heavy (non-hydrogen) atoms. The fourth-order valence-electron chi connectivity index (χ4n) is 15.0. The molecule has 14 rings (SSSR count). The number of ether oxygens (including phenoxy) is 2. The first kappa shape index (κ1) is 71.0. The van der Waals surface area contributed by atoms with E-state index in [2.05, 4.69) is 74.5 Å². The van der Waals surface area contributed by atoms with Crippen LogP contribution in [0.2, 0.25) is 0 Å². The molecule has 0 bridgehead atoms. The normalized spacial score (nSPS) is 19.6. The van der Waals surface area contributed by atoms with Crippen LogP contribution in [0.25, 0.3) is 43.6 Å². The van der Waals surface area contributed by atoms with Crippen LogP contribution in [0.1, 0.15) is 144 Å². The summed E-state index contributed by atoms with van der Waals surface area (Å²) in [6, 6.07) is 14.5. The summed E-state index contributed by atoms with van der Waals surface area (Å²) in [5, 5.41) is 31.6. The van der Waals surface area contributed by atoms with E-state index in [0.717, 1.165) is 62.7 Å². The molecule has 1 amide bonds. The number of rotatable bonds is 11. The van der Waals surface area contributed by atoms with Gasteiger partial charge in [0.15, 0.2) is 0 Å². The Bertz CT molecular complexity index is 4430. The molecule has 6 fully saturated rings. The largest absolute Gasteiger partial charge is 0.573 e. The van der Waals surface area contributed by atoms with E-state index in [1.807, 2.05) is 27.1 Å². The number of carbonyl (C=O) groups excluding carboxylic acids is 1. The molecule has 6 aliphatic rings. The van der Waals surface area contributed by atoms with E-state index in [9.17, 15) is 56.4 Å². The molecule has 2 saturated carbocycles. The number of amides is 1. The van der Waals surface area contributed by atoms with Gasteiger partial charge in [0, 0.05) is 130 Å². The van der Waals surface area contributed by atoms with Crippen LogP contribution in [0.4, 0.5) is 37.7 Å². The van der Waals surface area contributed by atoms with E-state index >= 15 is 0 Å². The number of sulfonamides is 3. The molecule has 8 aromatic rings. The molecular weight excluding hydrogens is 1330 g/mol. The van der Waals surface area contributed by atoms with Gasteiger partial charge in [0.2, 0.25) is 36.0 Å². The van der Waals surface area contributed by atoms with Gasteiger partial charge >= 0.3 is 12.7 Å². The lowest BCUT2D eigenvalue weighted by atomic mass is 9.84. The summed E-state index contributed by atoms with van der Waals surface area (Å²) in [5.41, 5.74) is 9.17. The Labute approximate surface area is 560 Å². The van der Waals surface area contributed by atoms with Crippen LogP contribution < -0.4 is 19.3 Å². The fraction of sp³-hybridized carbons (Fsp3) is 0.554. The van der Waals surface area contributed by atoms with E-state index in [4.69, 9.17) is 0 Å². The number of anilines is 2. The van der Waals surface area contributed by atoms with Crippen molar-refractivity contribution in [2.75, 3.05) is 101 Å². The summed E-state index contributed by atoms with van der Waals surface area (Å²) in [7, 11) is -9.74. The van der Waals surface area contributed by atoms with Crippen LogP contribution in [0.3, 0.4) is 0 Å². The molecule has 0 spiro atoms. The first-order valence-corrected chi connectivity index (χ1v) is 38.3. The Morgan fingerprint density at radius 2 is 0.835 bits per heavy atom. The van der Waals surface area contributed by atoms with E-state index in [1.54, 1.807) is 25.1 Å². The highest BCUT2D eigenvalue weighted by Crippen LogP contribution is 2.43. The van der Waals surface area contributed by atoms with E-state index in [0.29, 0.717) is 90.2 Å². The molecule has 4 aliphatic heterocycles. The van der Waals surface area contributed by atoms with Gasteiger partial charge in [-0.2, -0.15) is 29.0 Å². The van der Waals surface area contributed by atoms with Crippen LogP contribution in [-0.2, 0) is 34.9 Å². The first-order chi connectivity index (χ1) is 45.7. The zero-order valence-electron chi connectivity index (χ0n) is 55.1. The Kier molecular flexibility index (Phi) is 20.9. The molecule has 2 aliphatic carbocycles. The molecule has 0 unspecified atom stereocenters. The average molecular weight is 1420 g/mol. The van der Waals surface area contributed by atoms with Crippen molar-refractivity contribution in [2.45, 2.75) is 140 Å². The topological polar surface area (TPSA) is 272 Å². The molecule has 0 atom stereocenters. The fourth-order valence-corrected chi connectivity index (χ4v) is 18.1.